The maximum Gasteiger partial charge on any atom is 0.312 e. The van der Waals surface area contributed by atoms with Crippen molar-refractivity contribution < 1.29 is 24.5 Å². The van der Waals surface area contributed by atoms with Gasteiger partial charge in [0.25, 0.3) is 0 Å². The number of hydrogen-bond acceptors (Lipinski definition) is 5. The van der Waals surface area contributed by atoms with E-state index in [9.17, 15) is 19.8 Å². The summed E-state index contributed by atoms with van der Waals surface area (Å²) >= 11 is 0. The first-order valence-corrected chi connectivity index (χ1v) is 9.46. The van der Waals surface area contributed by atoms with Crippen LogP contribution >= 0.6 is 0 Å². The average molecular weight is 388 g/mol. The molecule has 2 N–H and O–H groups in total. The van der Waals surface area contributed by atoms with Gasteiger partial charge in [0, 0.05) is 24.0 Å². The SMILES string of the molecule is O=C1CC(c2ccccc2)c2c(O)cc(O)c(C(=O)CCc3ccccc3)c2O1. The Morgan fingerprint density at radius 1 is 0.966 bits per heavy atom. The van der Waals surface area contributed by atoms with Gasteiger partial charge in [-0.15, -0.1) is 0 Å². The normalized spacial score (nSPS) is 15.4. The van der Waals surface area contributed by atoms with Crippen molar-refractivity contribution >= 4 is 11.8 Å². The number of carbonyl (C=O) groups is 2. The highest BCUT2D eigenvalue weighted by Crippen LogP contribution is 2.48. The maximum atomic E-state index is 12.9. The van der Waals surface area contributed by atoms with Gasteiger partial charge >= 0.3 is 5.97 Å². The van der Waals surface area contributed by atoms with Gasteiger partial charge in [-0.1, -0.05) is 60.7 Å². The van der Waals surface area contributed by atoms with Crippen molar-refractivity contribution in [2.75, 3.05) is 0 Å². The average Bonchev–Trinajstić information content (AvgIpc) is 2.72. The largest absolute Gasteiger partial charge is 0.507 e. The second-order valence-electron chi connectivity index (χ2n) is 7.08. The summed E-state index contributed by atoms with van der Waals surface area (Å²) in [5.41, 5.74) is 2.13. The molecule has 3 aromatic carbocycles. The Labute approximate surface area is 168 Å². The zero-order valence-electron chi connectivity index (χ0n) is 15.7. The molecule has 1 aliphatic rings. The van der Waals surface area contributed by atoms with Gasteiger partial charge in [0.2, 0.25) is 0 Å². The van der Waals surface area contributed by atoms with Crippen molar-refractivity contribution in [1.82, 2.24) is 0 Å². The number of phenols is 2. The maximum absolute atomic E-state index is 12.9. The molecular formula is C24H20O5. The van der Waals surface area contributed by atoms with Crippen LogP contribution in [-0.2, 0) is 11.2 Å². The van der Waals surface area contributed by atoms with Crippen molar-refractivity contribution in [3.05, 3.63) is 89.0 Å². The van der Waals surface area contributed by atoms with E-state index in [1.165, 1.54) is 0 Å². The lowest BCUT2D eigenvalue weighted by atomic mass is 9.83. The van der Waals surface area contributed by atoms with Crippen LogP contribution in [0.2, 0.25) is 0 Å². The Morgan fingerprint density at radius 3 is 2.31 bits per heavy atom. The van der Waals surface area contributed by atoms with Gasteiger partial charge in [-0.3, -0.25) is 9.59 Å². The van der Waals surface area contributed by atoms with Gasteiger partial charge in [0.15, 0.2) is 11.5 Å². The molecule has 0 radical (unpaired) electrons. The fraction of sp³-hybridized carbons (Fsp3) is 0.167. The second-order valence-corrected chi connectivity index (χ2v) is 7.08. The molecule has 1 aliphatic heterocycles. The van der Waals surface area contributed by atoms with E-state index in [1.807, 2.05) is 60.7 Å². The molecule has 4 rings (SSSR count). The summed E-state index contributed by atoms with van der Waals surface area (Å²) in [4.78, 5) is 25.2. The molecule has 0 fully saturated rings. The molecule has 1 atom stereocenters. The number of fused-ring (bicyclic) bond motifs is 1. The number of aryl methyl sites for hydroxylation is 1. The van der Waals surface area contributed by atoms with E-state index in [4.69, 9.17) is 4.74 Å². The van der Waals surface area contributed by atoms with Crippen LogP contribution in [0.1, 0.15) is 45.8 Å². The predicted molar refractivity (Wildman–Crippen MR) is 107 cm³/mol. The number of phenolic OH excluding ortho intramolecular Hbond substituents is 2. The first-order chi connectivity index (χ1) is 14.0. The molecule has 5 heteroatoms. The summed E-state index contributed by atoms with van der Waals surface area (Å²) in [6, 6.07) is 20.0. The minimum absolute atomic E-state index is 0.0364. The molecule has 29 heavy (non-hydrogen) atoms. The summed E-state index contributed by atoms with van der Waals surface area (Å²) in [6.45, 7) is 0. The Kier molecular flexibility index (Phi) is 5.04. The van der Waals surface area contributed by atoms with Crippen LogP contribution < -0.4 is 4.74 Å². The number of carbonyl (C=O) groups excluding carboxylic acids is 2. The van der Waals surface area contributed by atoms with E-state index >= 15 is 0 Å². The summed E-state index contributed by atoms with van der Waals surface area (Å²) in [7, 11) is 0. The molecule has 0 saturated heterocycles. The van der Waals surface area contributed by atoms with Crippen LogP contribution in [0.4, 0.5) is 0 Å². The molecule has 0 saturated carbocycles. The summed E-state index contributed by atoms with van der Waals surface area (Å²) in [5.74, 6) is -1.92. The molecule has 1 unspecified atom stereocenters. The van der Waals surface area contributed by atoms with Crippen molar-refractivity contribution in [3.63, 3.8) is 0 Å². The first-order valence-electron chi connectivity index (χ1n) is 9.46. The predicted octanol–water partition coefficient (Wildman–Crippen LogP) is 4.35. The van der Waals surface area contributed by atoms with Crippen molar-refractivity contribution in [2.45, 2.75) is 25.2 Å². The highest BCUT2D eigenvalue weighted by molar-refractivity contribution is 6.03. The van der Waals surface area contributed by atoms with Gasteiger partial charge in [-0.25, -0.2) is 0 Å². The smallest absolute Gasteiger partial charge is 0.312 e. The number of rotatable bonds is 5. The van der Waals surface area contributed by atoms with Crippen molar-refractivity contribution in [3.8, 4) is 17.2 Å². The molecule has 0 aliphatic carbocycles. The van der Waals surface area contributed by atoms with Gasteiger partial charge in [-0.2, -0.15) is 0 Å². The fourth-order valence-corrected chi connectivity index (χ4v) is 3.78. The summed E-state index contributed by atoms with van der Waals surface area (Å²) in [6.07, 6.45) is 0.681. The van der Waals surface area contributed by atoms with E-state index in [-0.39, 0.29) is 41.4 Å². The molecule has 3 aromatic rings. The molecule has 0 spiro atoms. The lowest BCUT2D eigenvalue weighted by Crippen LogP contribution is -2.23. The van der Waals surface area contributed by atoms with E-state index in [0.29, 0.717) is 12.0 Å². The van der Waals surface area contributed by atoms with Crippen LogP contribution in [-0.4, -0.2) is 22.0 Å². The number of esters is 1. The third-order valence-electron chi connectivity index (χ3n) is 5.18. The quantitative estimate of drug-likeness (QED) is 0.386. The van der Waals surface area contributed by atoms with Gasteiger partial charge < -0.3 is 14.9 Å². The number of ether oxygens (including phenoxy) is 1. The van der Waals surface area contributed by atoms with E-state index in [2.05, 4.69) is 0 Å². The molecule has 0 amide bonds. The Bertz CT molecular complexity index is 1060. The third kappa shape index (κ3) is 3.72. The molecule has 146 valence electrons. The Morgan fingerprint density at radius 2 is 1.62 bits per heavy atom. The standard InChI is InChI=1S/C24H20O5/c25-18(12-11-15-7-3-1-4-8-15)23-20(27)14-19(26)22-17(13-21(28)29-24(22)23)16-9-5-2-6-10-16/h1-10,14,17,26-27H,11-13H2. The molecule has 5 nitrogen and oxygen atoms in total. The van der Waals surface area contributed by atoms with Gasteiger partial charge in [0.05, 0.1) is 6.42 Å². The molecule has 1 heterocycles. The monoisotopic (exact) mass is 388 g/mol. The summed E-state index contributed by atoms with van der Waals surface area (Å²) in [5, 5.41) is 20.9. The van der Waals surface area contributed by atoms with Gasteiger partial charge in [0.1, 0.15) is 17.1 Å². The topological polar surface area (TPSA) is 83.8 Å². The van der Waals surface area contributed by atoms with Crippen molar-refractivity contribution in [2.24, 2.45) is 0 Å². The second kappa shape index (κ2) is 7.80. The van der Waals surface area contributed by atoms with Crippen LogP contribution in [0.3, 0.4) is 0 Å². The number of Topliss-reactive ketones (excluding diaryl/α,β-unsaturated/α-hetero) is 1. The lowest BCUT2D eigenvalue weighted by molar-refractivity contribution is -0.135. The first kappa shape index (κ1) is 18.7. The fourth-order valence-electron chi connectivity index (χ4n) is 3.78. The highest BCUT2D eigenvalue weighted by atomic mass is 16.5. The number of aromatic hydroxyl groups is 2. The minimum Gasteiger partial charge on any atom is -0.507 e. The number of benzene rings is 3. The highest BCUT2D eigenvalue weighted by Gasteiger charge is 2.36. The molecular weight excluding hydrogens is 368 g/mol. The van der Waals surface area contributed by atoms with Crippen LogP contribution in [0.5, 0.6) is 17.2 Å². The molecule has 0 aromatic heterocycles. The Balaban J connectivity index is 1.74. The number of hydrogen-bond donors (Lipinski definition) is 2. The van der Waals surface area contributed by atoms with Crippen LogP contribution in [0.15, 0.2) is 66.7 Å². The van der Waals surface area contributed by atoms with Crippen molar-refractivity contribution in [1.29, 1.82) is 0 Å². The van der Waals surface area contributed by atoms with Crippen LogP contribution in [0, 0.1) is 0 Å². The zero-order valence-corrected chi connectivity index (χ0v) is 15.7. The van der Waals surface area contributed by atoms with Gasteiger partial charge in [-0.05, 0) is 17.5 Å². The zero-order chi connectivity index (χ0) is 20.4. The van der Waals surface area contributed by atoms with Crippen LogP contribution in [0.25, 0.3) is 0 Å². The Hall–Kier alpha value is -3.60. The number of ketones is 1. The summed E-state index contributed by atoms with van der Waals surface area (Å²) < 4.78 is 5.37. The van der Waals surface area contributed by atoms with E-state index in [1.54, 1.807) is 0 Å². The lowest BCUT2D eigenvalue weighted by Gasteiger charge is -2.27. The van der Waals surface area contributed by atoms with E-state index in [0.717, 1.165) is 17.2 Å². The minimum atomic E-state index is -0.506. The third-order valence-corrected chi connectivity index (χ3v) is 5.18. The molecule has 0 bridgehead atoms. The van der Waals surface area contributed by atoms with E-state index < -0.39 is 11.9 Å².